The van der Waals surface area contributed by atoms with E-state index in [1.165, 1.54) is 18.2 Å². The van der Waals surface area contributed by atoms with Gasteiger partial charge in [-0.15, -0.1) is 0 Å². The van der Waals surface area contributed by atoms with Gasteiger partial charge < -0.3 is 14.7 Å². The van der Waals surface area contributed by atoms with E-state index in [9.17, 15) is 20.0 Å². The Hall–Kier alpha value is -2.74. The van der Waals surface area contributed by atoms with Gasteiger partial charge in [-0.05, 0) is 31.2 Å². The second-order valence-corrected chi connectivity index (χ2v) is 4.81. The first kappa shape index (κ1) is 17.6. The van der Waals surface area contributed by atoms with Gasteiger partial charge in [0, 0.05) is 11.6 Å². The first-order valence-electron chi connectivity index (χ1n) is 7.28. The highest BCUT2D eigenvalue weighted by atomic mass is 16.8. The minimum atomic E-state index is -1.20. The van der Waals surface area contributed by atoms with Gasteiger partial charge in [0.1, 0.15) is 0 Å². The van der Waals surface area contributed by atoms with Crippen LogP contribution in [-0.2, 0) is 4.74 Å². The smallest absolute Gasteiger partial charge is 0.338 e. The predicted octanol–water partition coefficient (Wildman–Crippen LogP) is 1.53. The number of benzene rings is 2. The van der Waals surface area contributed by atoms with E-state index in [1.807, 2.05) is 0 Å². The zero-order chi connectivity index (χ0) is 17.5. The molecule has 7 heteroatoms. The van der Waals surface area contributed by atoms with Crippen molar-refractivity contribution in [3.8, 4) is 5.75 Å². The van der Waals surface area contributed by atoms with E-state index in [1.54, 1.807) is 37.3 Å². The lowest BCUT2D eigenvalue weighted by Gasteiger charge is -2.16. The number of carbonyl (C=O) groups is 2. The Bertz CT molecular complexity index is 714. The molecule has 2 N–H and O–H groups in total. The molecule has 0 saturated heterocycles. The zero-order valence-corrected chi connectivity index (χ0v) is 13.0. The second kappa shape index (κ2) is 8.21. The first-order chi connectivity index (χ1) is 11.5. The average molecular weight is 331 g/mol. The Kier molecular flexibility index (Phi) is 6.02. The van der Waals surface area contributed by atoms with Gasteiger partial charge in [-0.1, -0.05) is 18.2 Å². The number of ether oxygens (including phenoxy) is 2. The van der Waals surface area contributed by atoms with Crippen molar-refractivity contribution in [1.29, 1.82) is 0 Å². The maximum Gasteiger partial charge on any atom is 0.338 e. The van der Waals surface area contributed by atoms with E-state index in [4.69, 9.17) is 9.47 Å². The molecule has 24 heavy (non-hydrogen) atoms. The molecule has 0 aromatic heterocycles. The third-order valence-electron chi connectivity index (χ3n) is 3.18. The molecule has 0 aliphatic rings. The summed E-state index contributed by atoms with van der Waals surface area (Å²) in [5.41, 5.74) is 0.358. The van der Waals surface area contributed by atoms with Crippen molar-refractivity contribution in [2.45, 2.75) is 6.92 Å². The lowest BCUT2D eigenvalue weighted by molar-refractivity contribution is -0.991. The SMILES string of the molecule is CCOc1ccc(C(=O)COC(=O)c2ccccc2)cc1[NH+]([O-])O. The topological polar surface area (TPSA) is 100 Å². The van der Waals surface area contributed by atoms with E-state index in [0.29, 0.717) is 12.2 Å². The van der Waals surface area contributed by atoms with Gasteiger partial charge in [0.25, 0.3) is 0 Å². The summed E-state index contributed by atoms with van der Waals surface area (Å²) in [7, 11) is 0. The van der Waals surface area contributed by atoms with Crippen molar-refractivity contribution in [2.75, 3.05) is 13.2 Å². The number of quaternary nitrogens is 1. The van der Waals surface area contributed by atoms with Crippen LogP contribution < -0.4 is 9.96 Å². The van der Waals surface area contributed by atoms with Crippen LogP contribution in [0.2, 0.25) is 0 Å². The number of hydrogen-bond donors (Lipinski definition) is 2. The fourth-order valence-electron chi connectivity index (χ4n) is 2.02. The Morgan fingerprint density at radius 1 is 1.12 bits per heavy atom. The van der Waals surface area contributed by atoms with E-state index in [0.717, 1.165) is 0 Å². The quantitative estimate of drug-likeness (QED) is 0.453. The number of Topliss-reactive ketones (excluding diaryl/α,β-unsaturated/α-hetero) is 1. The van der Waals surface area contributed by atoms with Crippen molar-refractivity contribution in [3.05, 3.63) is 64.9 Å². The molecule has 0 fully saturated rings. The molecule has 1 unspecified atom stereocenters. The van der Waals surface area contributed by atoms with Crippen LogP contribution in [0.3, 0.4) is 0 Å². The molecule has 0 aliphatic carbocycles. The van der Waals surface area contributed by atoms with Gasteiger partial charge in [-0.2, -0.15) is 5.23 Å². The fraction of sp³-hybridized carbons (Fsp3) is 0.176. The number of nitrogens with one attached hydrogen (secondary N) is 1. The van der Waals surface area contributed by atoms with Gasteiger partial charge in [-0.25, -0.2) is 10.0 Å². The van der Waals surface area contributed by atoms with Gasteiger partial charge in [-0.3, -0.25) is 4.79 Å². The van der Waals surface area contributed by atoms with Crippen LogP contribution in [0, 0.1) is 5.21 Å². The highest BCUT2D eigenvalue weighted by molar-refractivity contribution is 6.00. The van der Waals surface area contributed by atoms with Crippen LogP contribution in [0.4, 0.5) is 5.69 Å². The van der Waals surface area contributed by atoms with Crippen molar-refractivity contribution in [3.63, 3.8) is 0 Å². The van der Waals surface area contributed by atoms with Crippen LogP contribution in [0.5, 0.6) is 5.75 Å². The van der Waals surface area contributed by atoms with E-state index >= 15 is 0 Å². The molecule has 7 nitrogen and oxygen atoms in total. The molecule has 0 spiro atoms. The minimum absolute atomic E-state index is 0.114. The summed E-state index contributed by atoms with van der Waals surface area (Å²) in [6.45, 7) is 1.57. The van der Waals surface area contributed by atoms with Crippen molar-refractivity contribution < 1.29 is 29.5 Å². The minimum Gasteiger partial charge on any atom is -0.595 e. The van der Waals surface area contributed by atoms with Gasteiger partial charge in [0.2, 0.25) is 11.5 Å². The van der Waals surface area contributed by atoms with Crippen LogP contribution in [0.15, 0.2) is 48.5 Å². The van der Waals surface area contributed by atoms with Gasteiger partial charge in [0.05, 0.1) is 12.2 Å². The summed E-state index contributed by atoms with van der Waals surface area (Å²) < 4.78 is 10.2. The molecule has 0 radical (unpaired) electrons. The molecule has 0 bridgehead atoms. The Morgan fingerprint density at radius 3 is 2.46 bits per heavy atom. The molecule has 2 aromatic carbocycles. The maximum atomic E-state index is 12.1. The molecule has 1 atom stereocenters. The molecule has 0 aliphatic heterocycles. The highest BCUT2D eigenvalue weighted by Gasteiger charge is 2.17. The lowest BCUT2D eigenvalue weighted by Crippen LogP contribution is -2.99. The van der Waals surface area contributed by atoms with Crippen LogP contribution in [0.1, 0.15) is 27.6 Å². The molecule has 0 amide bonds. The monoisotopic (exact) mass is 331 g/mol. The Labute approximate surface area is 138 Å². The third kappa shape index (κ3) is 4.39. The number of hydrogen-bond acceptors (Lipinski definition) is 6. The third-order valence-corrected chi connectivity index (χ3v) is 3.18. The fourth-order valence-corrected chi connectivity index (χ4v) is 2.02. The highest BCUT2D eigenvalue weighted by Crippen LogP contribution is 2.22. The summed E-state index contributed by atoms with van der Waals surface area (Å²) in [6, 6.07) is 12.4. The van der Waals surface area contributed by atoms with Crippen LogP contribution in [-0.4, -0.2) is 30.2 Å². The van der Waals surface area contributed by atoms with Crippen LogP contribution >= 0.6 is 0 Å². The summed E-state index contributed by atoms with van der Waals surface area (Å²) >= 11 is 0. The largest absolute Gasteiger partial charge is 0.595 e. The first-order valence-corrected chi connectivity index (χ1v) is 7.28. The number of ketones is 1. The Balaban J connectivity index is 2.07. The van der Waals surface area contributed by atoms with Crippen LogP contribution in [0.25, 0.3) is 0 Å². The molecule has 126 valence electrons. The number of rotatable bonds is 7. The van der Waals surface area contributed by atoms with Crippen molar-refractivity contribution in [2.24, 2.45) is 0 Å². The second-order valence-electron chi connectivity index (χ2n) is 4.81. The standard InChI is InChI=1S/C17H17NO6/c1-2-23-16-9-8-13(10-14(16)18(21)22)15(19)11-24-17(20)12-6-4-3-5-7-12/h3-10,18,21H,2,11H2,1H3. The normalized spacial score (nSPS) is 11.6. The summed E-state index contributed by atoms with van der Waals surface area (Å²) in [5.74, 6) is -0.930. The lowest BCUT2D eigenvalue weighted by atomic mass is 10.1. The van der Waals surface area contributed by atoms with E-state index in [-0.39, 0.29) is 17.0 Å². The van der Waals surface area contributed by atoms with E-state index in [2.05, 4.69) is 0 Å². The van der Waals surface area contributed by atoms with Gasteiger partial charge >= 0.3 is 5.97 Å². The molecular formula is C17H17NO6. The van der Waals surface area contributed by atoms with Gasteiger partial charge in [0.15, 0.2) is 12.4 Å². The number of carbonyl (C=O) groups excluding carboxylic acids is 2. The Morgan fingerprint density at radius 2 is 1.83 bits per heavy atom. The predicted molar refractivity (Wildman–Crippen MR) is 84.4 cm³/mol. The molecule has 2 rings (SSSR count). The summed E-state index contributed by atoms with van der Waals surface area (Å²) in [5, 5.41) is 19.2. The molecule has 0 saturated carbocycles. The molecule has 0 heterocycles. The zero-order valence-electron chi connectivity index (χ0n) is 13.0. The average Bonchev–Trinajstić information content (AvgIpc) is 2.60. The molecular weight excluding hydrogens is 314 g/mol. The van der Waals surface area contributed by atoms with E-state index < -0.39 is 23.6 Å². The van der Waals surface area contributed by atoms with Crippen molar-refractivity contribution >= 4 is 17.4 Å². The number of esters is 1. The molecule has 2 aromatic rings. The summed E-state index contributed by atoms with van der Waals surface area (Å²) in [6.07, 6.45) is 0. The maximum absolute atomic E-state index is 12.1. The van der Waals surface area contributed by atoms with Crippen molar-refractivity contribution in [1.82, 2.24) is 0 Å². The summed E-state index contributed by atoms with van der Waals surface area (Å²) in [4.78, 5) is 23.9.